The van der Waals surface area contributed by atoms with Gasteiger partial charge in [0.25, 0.3) is 0 Å². The number of methoxy groups -OCH3 is 1. The van der Waals surface area contributed by atoms with Crippen LogP contribution in [0.5, 0.6) is 5.75 Å². The maximum atomic E-state index is 11.4. The van der Waals surface area contributed by atoms with Crippen molar-refractivity contribution in [3.05, 3.63) is 52.6 Å². The number of nitroso groups, excluding NO2 is 1. The molecule has 21 heavy (non-hydrogen) atoms. The normalized spacial score (nSPS) is 10.8. The number of aryl methyl sites for hydroxylation is 2. The smallest absolute Gasteiger partial charge is 0.210 e. The van der Waals surface area contributed by atoms with Gasteiger partial charge in [-0.1, -0.05) is 17.7 Å². The highest BCUT2D eigenvalue weighted by Crippen LogP contribution is 2.37. The van der Waals surface area contributed by atoms with Crippen molar-refractivity contribution in [2.45, 2.75) is 13.8 Å². The Morgan fingerprint density at radius 1 is 1.19 bits per heavy atom. The maximum absolute atomic E-state index is 11.4. The molecule has 5 heteroatoms. The third-order valence-electron chi connectivity index (χ3n) is 3.51. The van der Waals surface area contributed by atoms with E-state index in [9.17, 15) is 4.91 Å². The molecule has 1 aromatic carbocycles. The summed E-state index contributed by atoms with van der Waals surface area (Å²) in [5, 5.41) is 3.20. The van der Waals surface area contributed by atoms with Crippen molar-refractivity contribution < 1.29 is 4.74 Å². The fourth-order valence-corrected chi connectivity index (χ4v) is 2.51. The first-order valence-electron chi connectivity index (χ1n) is 6.62. The van der Waals surface area contributed by atoms with E-state index in [0.29, 0.717) is 22.9 Å². The monoisotopic (exact) mass is 281 g/mol. The summed E-state index contributed by atoms with van der Waals surface area (Å²) in [4.78, 5) is 15.9. The molecule has 0 N–H and O–H groups in total. The van der Waals surface area contributed by atoms with E-state index >= 15 is 0 Å². The van der Waals surface area contributed by atoms with Gasteiger partial charge in [-0.15, -0.1) is 4.91 Å². The van der Waals surface area contributed by atoms with Crippen LogP contribution in [0.25, 0.3) is 16.9 Å². The first kappa shape index (κ1) is 13.3. The molecular formula is C16H15N3O2. The van der Waals surface area contributed by atoms with E-state index in [2.05, 4.69) is 10.2 Å². The van der Waals surface area contributed by atoms with Gasteiger partial charge in [-0.2, -0.15) is 0 Å². The Balaban J connectivity index is 2.38. The average Bonchev–Trinajstić information content (AvgIpc) is 2.87. The van der Waals surface area contributed by atoms with Crippen LogP contribution in [0.2, 0.25) is 0 Å². The zero-order valence-corrected chi connectivity index (χ0v) is 12.1. The number of benzene rings is 1. The van der Waals surface area contributed by atoms with Crippen molar-refractivity contribution in [2.75, 3.05) is 7.11 Å². The molecule has 2 heterocycles. The van der Waals surface area contributed by atoms with Gasteiger partial charge in [-0.05, 0) is 43.3 Å². The quantitative estimate of drug-likeness (QED) is 0.681. The van der Waals surface area contributed by atoms with Gasteiger partial charge in [-0.25, -0.2) is 4.98 Å². The molecule has 0 spiro atoms. The maximum Gasteiger partial charge on any atom is 0.210 e. The van der Waals surface area contributed by atoms with E-state index in [-0.39, 0.29) is 0 Å². The lowest BCUT2D eigenvalue weighted by molar-refractivity contribution is 0.416. The van der Waals surface area contributed by atoms with E-state index in [4.69, 9.17) is 4.74 Å². The van der Waals surface area contributed by atoms with Crippen LogP contribution in [0, 0.1) is 18.8 Å². The highest BCUT2D eigenvalue weighted by atomic mass is 16.5. The number of hydrogen-bond acceptors (Lipinski definition) is 4. The third kappa shape index (κ3) is 2.07. The minimum Gasteiger partial charge on any atom is -0.496 e. The Bertz CT molecular complexity index is 837. The van der Waals surface area contributed by atoms with Gasteiger partial charge >= 0.3 is 0 Å². The minimum absolute atomic E-state index is 0.298. The van der Waals surface area contributed by atoms with Crippen molar-refractivity contribution in [1.29, 1.82) is 0 Å². The summed E-state index contributed by atoms with van der Waals surface area (Å²) in [5.41, 5.74) is 3.99. The fraction of sp³-hybridized carbons (Fsp3) is 0.188. The molecule has 5 nitrogen and oxygen atoms in total. The van der Waals surface area contributed by atoms with Gasteiger partial charge < -0.3 is 4.74 Å². The Morgan fingerprint density at radius 2 is 2.00 bits per heavy atom. The van der Waals surface area contributed by atoms with Crippen molar-refractivity contribution in [3.63, 3.8) is 0 Å². The van der Waals surface area contributed by atoms with Crippen LogP contribution in [0.1, 0.15) is 11.3 Å². The average molecular weight is 281 g/mol. The number of hydrogen-bond donors (Lipinski definition) is 0. The van der Waals surface area contributed by atoms with E-state index in [1.807, 2.05) is 50.2 Å². The summed E-state index contributed by atoms with van der Waals surface area (Å²) in [5.74, 6) is 0.971. The van der Waals surface area contributed by atoms with Crippen molar-refractivity contribution >= 4 is 11.5 Å². The van der Waals surface area contributed by atoms with Gasteiger partial charge in [0.2, 0.25) is 5.82 Å². The Morgan fingerprint density at radius 3 is 2.71 bits per heavy atom. The van der Waals surface area contributed by atoms with Crippen molar-refractivity contribution in [3.8, 4) is 17.0 Å². The number of aromatic nitrogens is 2. The molecule has 0 saturated heterocycles. The second-order valence-corrected chi connectivity index (χ2v) is 4.94. The summed E-state index contributed by atoms with van der Waals surface area (Å²) < 4.78 is 7.14. The molecule has 0 unspecified atom stereocenters. The molecule has 0 atom stereocenters. The zero-order valence-electron chi connectivity index (χ0n) is 12.1. The molecule has 0 aliphatic heterocycles. The Kier molecular flexibility index (Phi) is 3.17. The molecule has 0 bridgehead atoms. The fourth-order valence-electron chi connectivity index (χ4n) is 2.51. The molecule has 106 valence electrons. The second-order valence-electron chi connectivity index (χ2n) is 4.94. The van der Waals surface area contributed by atoms with Crippen LogP contribution >= 0.6 is 0 Å². The van der Waals surface area contributed by atoms with E-state index in [0.717, 1.165) is 16.8 Å². The first-order chi connectivity index (χ1) is 10.2. The van der Waals surface area contributed by atoms with E-state index < -0.39 is 0 Å². The Hall–Kier alpha value is -2.69. The Labute approximate surface area is 122 Å². The molecule has 3 aromatic rings. The van der Waals surface area contributed by atoms with E-state index in [1.54, 1.807) is 11.5 Å². The minimum atomic E-state index is 0.298. The van der Waals surface area contributed by atoms with Gasteiger partial charge in [0.1, 0.15) is 17.1 Å². The van der Waals surface area contributed by atoms with Crippen LogP contribution in [0.4, 0.5) is 5.82 Å². The van der Waals surface area contributed by atoms with E-state index in [1.165, 1.54) is 0 Å². The summed E-state index contributed by atoms with van der Waals surface area (Å²) in [6.45, 7) is 3.90. The topological polar surface area (TPSA) is 56.0 Å². The van der Waals surface area contributed by atoms with Crippen LogP contribution in [-0.2, 0) is 0 Å². The molecule has 0 fully saturated rings. The molecule has 0 saturated carbocycles. The lowest BCUT2D eigenvalue weighted by atomic mass is 10.1. The number of imidazole rings is 1. The molecule has 0 amide bonds. The summed E-state index contributed by atoms with van der Waals surface area (Å²) in [6, 6.07) is 11.5. The van der Waals surface area contributed by atoms with Crippen LogP contribution in [-0.4, -0.2) is 16.5 Å². The van der Waals surface area contributed by atoms with Crippen LogP contribution < -0.4 is 4.74 Å². The highest BCUT2D eigenvalue weighted by molar-refractivity contribution is 5.79. The predicted molar refractivity (Wildman–Crippen MR) is 82.1 cm³/mol. The molecule has 3 rings (SSSR count). The third-order valence-corrected chi connectivity index (χ3v) is 3.51. The van der Waals surface area contributed by atoms with Crippen LogP contribution in [0.3, 0.4) is 0 Å². The molecule has 0 aliphatic rings. The number of nitrogens with zero attached hydrogens (tertiary/aromatic N) is 3. The molecule has 2 aromatic heterocycles. The summed E-state index contributed by atoms with van der Waals surface area (Å²) in [6.07, 6.45) is 0. The molecule has 0 aliphatic carbocycles. The summed E-state index contributed by atoms with van der Waals surface area (Å²) >= 11 is 0. The SMILES string of the molecule is COc1ccc(C)cc1-c1nc2cccc(C)n2c1N=O. The molecular weight excluding hydrogens is 266 g/mol. The number of rotatable bonds is 3. The molecule has 0 radical (unpaired) electrons. The zero-order chi connectivity index (χ0) is 15.0. The number of fused-ring (bicyclic) bond motifs is 1. The highest BCUT2D eigenvalue weighted by Gasteiger charge is 2.19. The number of pyridine rings is 1. The predicted octanol–water partition coefficient (Wildman–Crippen LogP) is 4.02. The van der Waals surface area contributed by atoms with Crippen molar-refractivity contribution in [2.24, 2.45) is 5.18 Å². The first-order valence-corrected chi connectivity index (χ1v) is 6.62. The van der Waals surface area contributed by atoms with Gasteiger partial charge in [-0.3, -0.25) is 4.40 Å². The lowest BCUT2D eigenvalue weighted by Crippen LogP contribution is -1.90. The van der Waals surface area contributed by atoms with Gasteiger partial charge in [0, 0.05) is 11.3 Å². The second kappa shape index (κ2) is 5.01. The van der Waals surface area contributed by atoms with Crippen molar-refractivity contribution in [1.82, 2.24) is 9.38 Å². The van der Waals surface area contributed by atoms with Gasteiger partial charge in [0.05, 0.1) is 7.11 Å². The summed E-state index contributed by atoms with van der Waals surface area (Å²) in [7, 11) is 1.60. The largest absolute Gasteiger partial charge is 0.496 e. The standard InChI is InChI=1S/C16H15N3O2/c1-10-7-8-13(21-3)12(9-10)15-16(18-20)19-11(2)5-4-6-14(19)17-15/h4-9H,1-3H3. The number of ether oxygens (including phenoxy) is 1. The van der Waals surface area contributed by atoms with Crippen LogP contribution in [0.15, 0.2) is 41.6 Å². The lowest BCUT2D eigenvalue weighted by Gasteiger charge is -2.07. The van der Waals surface area contributed by atoms with Gasteiger partial charge in [0.15, 0.2) is 0 Å².